The Kier molecular flexibility index (Phi) is 4.65. The van der Waals surface area contributed by atoms with E-state index in [0.717, 1.165) is 0 Å². The van der Waals surface area contributed by atoms with Gasteiger partial charge < -0.3 is 15.4 Å². The van der Waals surface area contributed by atoms with Crippen molar-refractivity contribution in [3.8, 4) is 0 Å². The summed E-state index contributed by atoms with van der Waals surface area (Å²) in [7, 11) is 0. The first-order valence-electron chi connectivity index (χ1n) is 6.85. The molecule has 2 rings (SSSR count). The van der Waals surface area contributed by atoms with Crippen LogP contribution >= 0.6 is 0 Å². The zero-order valence-corrected chi connectivity index (χ0v) is 12.7. The molecular weight excluding hydrogens is 287 g/mol. The van der Waals surface area contributed by atoms with E-state index in [1.165, 1.54) is 12.1 Å². The van der Waals surface area contributed by atoms with Crippen molar-refractivity contribution in [2.45, 2.75) is 32.9 Å². The topological polar surface area (TPSA) is 79.0 Å². The summed E-state index contributed by atoms with van der Waals surface area (Å²) in [6.07, 6.45) is 1.12. The molecule has 1 aromatic carbocycles. The molecule has 2 aromatic rings. The van der Waals surface area contributed by atoms with Gasteiger partial charge in [0.05, 0.1) is 0 Å². The third kappa shape index (κ3) is 5.08. The van der Waals surface area contributed by atoms with Crippen molar-refractivity contribution in [2.24, 2.45) is 0 Å². The molecular formula is C15H19FN4O2. The van der Waals surface area contributed by atoms with Crippen molar-refractivity contribution in [3.05, 3.63) is 41.8 Å². The molecule has 3 N–H and O–H groups in total. The minimum atomic E-state index is -0.571. The summed E-state index contributed by atoms with van der Waals surface area (Å²) in [6, 6.07) is 6.16. The third-order valence-corrected chi connectivity index (χ3v) is 2.57. The quantitative estimate of drug-likeness (QED) is 0.809. The molecule has 0 fully saturated rings. The number of aromatic nitrogens is 2. The monoisotopic (exact) mass is 306 g/mol. The van der Waals surface area contributed by atoms with Gasteiger partial charge in [0, 0.05) is 24.5 Å². The van der Waals surface area contributed by atoms with E-state index < -0.39 is 17.5 Å². The maximum atomic E-state index is 13.6. The molecule has 0 saturated carbocycles. The van der Waals surface area contributed by atoms with Crippen LogP contribution in [0.3, 0.4) is 0 Å². The van der Waals surface area contributed by atoms with Crippen LogP contribution in [0.1, 0.15) is 26.3 Å². The van der Waals surface area contributed by atoms with Crippen LogP contribution in [0, 0.1) is 5.82 Å². The molecule has 0 spiro atoms. The molecule has 0 atom stereocenters. The first kappa shape index (κ1) is 15.8. The molecule has 1 heterocycles. The smallest absolute Gasteiger partial charge is 0.407 e. The van der Waals surface area contributed by atoms with Crippen LogP contribution in [0.2, 0.25) is 0 Å². The first-order chi connectivity index (χ1) is 10.3. The van der Waals surface area contributed by atoms with Crippen LogP contribution in [0.4, 0.5) is 20.7 Å². The zero-order chi connectivity index (χ0) is 16.2. The average molecular weight is 306 g/mol. The first-order valence-corrected chi connectivity index (χ1v) is 6.85. The molecule has 0 saturated heterocycles. The molecule has 0 radical (unpaired) electrons. The number of halogens is 1. The fourth-order valence-corrected chi connectivity index (χ4v) is 1.79. The van der Waals surface area contributed by atoms with E-state index >= 15 is 0 Å². The predicted molar refractivity (Wildman–Crippen MR) is 81.3 cm³/mol. The fourth-order valence-electron chi connectivity index (χ4n) is 1.79. The van der Waals surface area contributed by atoms with Gasteiger partial charge in [0.25, 0.3) is 0 Å². The number of benzene rings is 1. The number of hydrogen-bond donors (Lipinski definition) is 3. The number of alkyl carbamates (subject to hydrolysis) is 1. The van der Waals surface area contributed by atoms with Gasteiger partial charge in [0.15, 0.2) is 5.82 Å². The highest BCUT2D eigenvalue weighted by atomic mass is 19.1. The second kappa shape index (κ2) is 6.46. The number of carbonyl (C=O) groups is 1. The number of ether oxygens (including phenoxy) is 1. The molecule has 0 aliphatic carbocycles. The predicted octanol–water partition coefficient (Wildman–Crippen LogP) is 3.32. The van der Waals surface area contributed by atoms with E-state index in [0.29, 0.717) is 17.1 Å². The fraction of sp³-hybridized carbons (Fsp3) is 0.333. The molecule has 22 heavy (non-hydrogen) atoms. The van der Waals surface area contributed by atoms with Gasteiger partial charge >= 0.3 is 6.09 Å². The van der Waals surface area contributed by atoms with Gasteiger partial charge in [-0.2, -0.15) is 5.10 Å². The van der Waals surface area contributed by atoms with E-state index in [1.54, 1.807) is 39.1 Å². The zero-order valence-electron chi connectivity index (χ0n) is 12.7. The molecule has 7 heteroatoms. The van der Waals surface area contributed by atoms with E-state index in [-0.39, 0.29) is 6.54 Å². The highest BCUT2D eigenvalue weighted by Gasteiger charge is 2.15. The standard InChI is InChI=1S/C15H19FN4O2/c1-15(2,3)22-14(21)17-9-10-6-11(16)8-12(7-10)19-13-4-5-18-20-13/h4-8H,9H2,1-3H3,(H,17,21)(H2,18,19,20). The number of H-pyrrole nitrogens is 1. The number of hydrogen-bond acceptors (Lipinski definition) is 4. The van der Waals surface area contributed by atoms with E-state index in [1.807, 2.05) is 0 Å². The Morgan fingerprint density at radius 1 is 1.36 bits per heavy atom. The van der Waals surface area contributed by atoms with Gasteiger partial charge in [0.1, 0.15) is 11.4 Å². The van der Waals surface area contributed by atoms with Gasteiger partial charge in [-0.1, -0.05) is 0 Å². The van der Waals surface area contributed by atoms with Crippen molar-refractivity contribution in [1.29, 1.82) is 0 Å². The van der Waals surface area contributed by atoms with E-state index in [2.05, 4.69) is 20.8 Å². The van der Waals surface area contributed by atoms with Gasteiger partial charge in [-0.3, -0.25) is 5.10 Å². The van der Waals surface area contributed by atoms with Crippen LogP contribution < -0.4 is 10.6 Å². The number of carbonyl (C=O) groups excluding carboxylic acids is 1. The highest BCUT2D eigenvalue weighted by molar-refractivity contribution is 5.67. The van der Waals surface area contributed by atoms with Crippen LogP contribution in [0.15, 0.2) is 30.5 Å². The summed E-state index contributed by atoms with van der Waals surface area (Å²) in [5.74, 6) is 0.179. The summed E-state index contributed by atoms with van der Waals surface area (Å²) in [5.41, 5.74) is 0.593. The minimum Gasteiger partial charge on any atom is -0.444 e. The maximum Gasteiger partial charge on any atom is 0.407 e. The van der Waals surface area contributed by atoms with Crippen molar-refractivity contribution in [3.63, 3.8) is 0 Å². The van der Waals surface area contributed by atoms with Crippen molar-refractivity contribution in [2.75, 3.05) is 5.32 Å². The Balaban J connectivity index is 1.99. The Hall–Kier alpha value is -2.57. The van der Waals surface area contributed by atoms with Crippen molar-refractivity contribution < 1.29 is 13.9 Å². The third-order valence-electron chi connectivity index (χ3n) is 2.57. The molecule has 1 amide bonds. The lowest BCUT2D eigenvalue weighted by molar-refractivity contribution is 0.0523. The van der Waals surface area contributed by atoms with Gasteiger partial charge in [0.2, 0.25) is 0 Å². The number of amides is 1. The molecule has 0 bridgehead atoms. The Labute approximate surface area is 128 Å². The molecule has 0 unspecified atom stereocenters. The van der Waals surface area contributed by atoms with Crippen LogP contribution in [0.25, 0.3) is 0 Å². The largest absolute Gasteiger partial charge is 0.444 e. The summed E-state index contributed by atoms with van der Waals surface area (Å²) in [5, 5.41) is 12.2. The van der Waals surface area contributed by atoms with E-state index in [9.17, 15) is 9.18 Å². The van der Waals surface area contributed by atoms with Crippen molar-refractivity contribution >= 4 is 17.6 Å². The molecule has 118 valence electrons. The number of nitrogens with one attached hydrogen (secondary N) is 3. The van der Waals surface area contributed by atoms with Gasteiger partial charge in [-0.25, -0.2) is 9.18 Å². The number of anilines is 2. The molecule has 0 aliphatic rings. The Morgan fingerprint density at radius 3 is 2.77 bits per heavy atom. The van der Waals surface area contributed by atoms with Gasteiger partial charge in [-0.05, 0) is 44.5 Å². The SMILES string of the molecule is CC(C)(C)OC(=O)NCc1cc(F)cc(Nc2cc[nH]n2)c1. The Morgan fingerprint density at radius 2 is 2.14 bits per heavy atom. The lowest BCUT2D eigenvalue weighted by atomic mass is 10.2. The van der Waals surface area contributed by atoms with Crippen molar-refractivity contribution in [1.82, 2.24) is 15.5 Å². The summed E-state index contributed by atoms with van der Waals surface area (Å²) >= 11 is 0. The maximum absolute atomic E-state index is 13.6. The highest BCUT2D eigenvalue weighted by Crippen LogP contribution is 2.18. The van der Waals surface area contributed by atoms with Crippen LogP contribution in [-0.2, 0) is 11.3 Å². The number of aromatic amines is 1. The molecule has 6 nitrogen and oxygen atoms in total. The number of rotatable bonds is 4. The van der Waals surface area contributed by atoms with Crippen LogP contribution in [0.5, 0.6) is 0 Å². The number of nitrogens with zero attached hydrogens (tertiary/aromatic N) is 1. The van der Waals surface area contributed by atoms with Gasteiger partial charge in [-0.15, -0.1) is 0 Å². The summed E-state index contributed by atoms with van der Waals surface area (Å²) < 4.78 is 18.8. The lowest BCUT2D eigenvalue weighted by Crippen LogP contribution is -2.32. The van der Waals surface area contributed by atoms with E-state index in [4.69, 9.17) is 4.74 Å². The summed E-state index contributed by atoms with van der Waals surface area (Å²) in [4.78, 5) is 11.6. The molecule has 1 aromatic heterocycles. The summed E-state index contributed by atoms with van der Waals surface area (Å²) in [6.45, 7) is 5.50. The second-order valence-corrected chi connectivity index (χ2v) is 5.79. The Bertz CT molecular complexity index is 635. The normalized spacial score (nSPS) is 11.1. The minimum absolute atomic E-state index is 0.169. The van der Waals surface area contributed by atoms with Crippen LogP contribution in [-0.4, -0.2) is 21.9 Å². The molecule has 0 aliphatic heterocycles. The average Bonchev–Trinajstić information content (AvgIpc) is 2.86. The second-order valence-electron chi connectivity index (χ2n) is 5.79. The lowest BCUT2D eigenvalue weighted by Gasteiger charge is -2.19.